The third-order valence-corrected chi connectivity index (χ3v) is 5.20. The van der Waals surface area contributed by atoms with Crippen LogP contribution in [0.2, 0.25) is 0 Å². The summed E-state index contributed by atoms with van der Waals surface area (Å²) in [4.78, 5) is 26.7. The molecule has 0 N–H and O–H groups in total. The number of nitro groups is 1. The average Bonchev–Trinajstić information content (AvgIpc) is 2.94. The Balaban J connectivity index is 1.74. The summed E-state index contributed by atoms with van der Waals surface area (Å²) in [5.74, 6) is -0.515. The topological polar surface area (TPSA) is 73.1 Å². The highest BCUT2D eigenvalue weighted by Crippen LogP contribution is 2.32. The van der Waals surface area contributed by atoms with Crippen molar-refractivity contribution >= 4 is 44.8 Å². The molecular weight excluding hydrogens is 339 g/mol. The second kappa shape index (κ2) is 6.43. The number of hydrogen-bond donors (Lipinski definition) is 0. The van der Waals surface area contributed by atoms with Crippen molar-refractivity contribution in [1.82, 2.24) is 4.98 Å². The number of rotatable bonds is 5. The van der Waals surface area contributed by atoms with Gasteiger partial charge in [0.15, 0.2) is 10.1 Å². The van der Waals surface area contributed by atoms with Gasteiger partial charge in [0.1, 0.15) is 5.82 Å². The number of benzene rings is 2. The van der Waals surface area contributed by atoms with E-state index in [-0.39, 0.29) is 17.2 Å². The lowest BCUT2D eigenvalue weighted by Crippen LogP contribution is -2.02. The van der Waals surface area contributed by atoms with Crippen LogP contribution in [0, 0.1) is 15.9 Å². The zero-order valence-electron chi connectivity index (χ0n) is 11.6. The van der Waals surface area contributed by atoms with E-state index in [2.05, 4.69) is 4.98 Å². The number of fused-ring (bicyclic) bond motifs is 1. The van der Waals surface area contributed by atoms with Crippen molar-refractivity contribution in [3.05, 3.63) is 64.0 Å². The van der Waals surface area contributed by atoms with Gasteiger partial charge < -0.3 is 0 Å². The van der Waals surface area contributed by atoms with Crippen LogP contribution in [0.15, 0.2) is 46.8 Å². The molecule has 0 aliphatic rings. The quantitative estimate of drug-likeness (QED) is 0.297. The minimum absolute atomic E-state index is 0.00790. The van der Waals surface area contributed by atoms with Crippen LogP contribution in [0.3, 0.4) is 0 Å². The number of ketones is 1. The molecule has 0 radical (unpaired) electrons. The Hall–Kier alpha value is -2.32. The van der Waals surface area contributed by atoms with Gasteiger partial charge in [-0.25, -0.2) is 9.37 Å². The number of thioether (sulfide) groups is 1. The monoisotopic (exact) mass is 348 g/mol. The maximum atomic E-state index is 13.1. The molecule has 3 rings (SSSR count). The van der Waals surface area contributed by atoms with Crippen molar-refractivity contribution in [2.24, 2.45) is 0 Å². The zero-order valence-corrected chi connectivity index (χ0v) is 13.2. The second-order valence-corrected chi connectivity index (χ2v) is 6.86. The lowest BCUT2D eigenvalue weighted by atomic mass is 10.1. The SMILES string of the molecule is O=C(CSc1nc2ccc([N+](=O)[O-])cc2s1)c1cccc(F)c1. The Morgan fingerprint density at radius 3 is 2.87 bits per heavy atom. The van der Waals surface area contributed by atoms with E-state index >= 15 is 0 Å². The molecular formula is C15H9FN2O3S2. The van der Waals surface area contributed by atoms with Gasteiger partial charge in [-0.2, -0.15) is 0 Å². The van der Waals surface area contributed by atoms with E-state index in [9.17, 15) is 19.3 Å². The number of hydrogen-bond acceptors (Lipinski definition) is 6. The van der Waals surface area contributed by atoms with E-state index in [1.54, 1.807) is 12.1 Å². The summed E-state index contributed by atoms with van der Waals surface area (Å²) < 4.78 is 14.4. The van der Waals surface area contributed by atoms with Gasteiger partial charge in [-0.3, -0.25) is 14.9 Å². The number of halogens is 1. The summed E-state index contributed by atoms with van der Waals surface area (Å²) >= 11 is 2.53. The fourth-order valence-corrected chi connectivity index (χ4v) is 3.94. The number of nitro benzene ring substituents is 1. The Kier molecular flexibility index (Phi) is 4.35. The maximum absolute atomic E-state index is 13.1. The molecule has 23 heavy (non-hydrogen) atoms. The third-order valence-electron chi connectivity index (χ3n) is 3.04. The molecule has 5 nitrogen and oxygen atoms in total. The molecule has 0 bridgehead atoms. The van der Waals surface area contributed by atoms with Gasteiger partial charge >= 0.3 is 0 Å². The molecule has 0 saturated carbocycles. The molecule has 0 atom stereocenters. The van der Waals surface area contributed by atoms with E-state index in [0.717, 1.165) is 0 Å². The summed E-state index contributed by atoms with van der Waals surface area (Å²) in [5, 5.41) is 10.8. The summed E-state index contributed by atoms with van der Waals surface area (Å²) in [5.41, 5.74) is 0.976. The number of aromatic nitrogens is 1. The highest BCUT2D eigenvalue weighted by molar-refractivity contribution is 8.01. The molecule has 0 aliphatic carbocycles. The molecule has 116 valence electrons. The van der Waals surface area contributed by atoms with Crippen LogP contribution in [-0.2, 0) is 0 Å². The summed E-state index contributed by atoms with van der Waals surface area (Å²) in [6.07, 6.45) is 0. The number of nitrogens with zero attached hydrogens (tertiary/aromatic N) is 2. The predicted octanol–water partition coefficient (Wildman–Crippen LogP) is 4.32. The Bertz CT molecular complexity index is 911. The second-order valence-electron chi connectivity index (χ2n) is 4.61. The largest absolute Gasteiger partial charge is 0.293 e. The van der Waals surface area contributed by atoms with Crippen molar-refractivity contribution < 1.29 is 14.1 Å². The highest BCUT2D eigenvalue weighted by Gasteiger charge is 2.13. The first-order chi connectivity index (χ1) is 11.0. The fourth-order valence-electron chi connectivity index (χ4n) is 1.94. The van der Waals surface area contributed by atoms with Crippen LogP contribution in [0.25, 0.3) is 10.2 Å². The number of carbonyl (C=O) groups is 1. The number of non-ortho nitro benzene ring substituents is 1. The average molecular weight is 348 g/mol. The van der Waals surface area contributed by atoms with Crippen LogP contribution in [0.5, 0.6) is 0 Å². The number of carbonyl (C=O) groups excluding carboxylic acids is 1. The van der Waals surface area contributed by atoms with Gasteiger partial charge in [-0.1, -0.05) is 23.9 Å². The van der Waals surface area contributed by atoms with E-state index in [1.807, 2.05) is 0 Å². The molecule has 0 fully saturated rings. The zero-order chi connectivity index (χ0) is 16.4. The molecule has 2 aromatic carbocycles. The Morgan fingerprint density at radius 1 is 1.30 bits per heavy atom. The molecule has 0 spiro atoms. The normalized spacial score (nSPS) is 10.8. The Labute approximate surface area is 138 Å². The molecule has 1 heterocycles. The van der Waals surface area contributed by atoms with Crippen LogP contribution in [0.4, 0.5) is 10.1 Å². The van der Waals surface area contributed by atoms with Gasteiger partial charge in [0.25, 0.3) is 5.69 Å². The van der Waals surface area contributed by atoms with Gasteiger partial charge in [-0.15, -0.1) is 11.3 Å². The van der Waals surface area contributed by atoms with Crippen LogP contribution < -0.4 is 0 Å². The van der Waals surface area contributed by atoms with Gasteiger partial charge in [0.05, 0.1) is 20.9 Å². The standard InChI is InChI=1S/C15H9FN2O3S2/c16-10-3-1-2-9(6-10)13(19)8-22-15-17-12-5-4-11(18(20)21)7-14(12)23-15/h1-7H,8H2. The van der Waals surface area contributed by atoms with E-state index in [1.165, 1.54) is 53.4 Å². The van der Waals surface area contributed by atoms with Gasteiger partial charge in [0.2, 0.25) is 0 Å². The summed E-state index contributed by atoms with van der Waals surface area (Å²) in [7, 11) is 0. The van der Waals surface area contributed by atoms with Crippen molar-refractivity contribution in [3.8, 4) is 0 Å². The lowest BCUT2D eigenvalue weighted by molar-refractivity contribution is -0.384. The lowest BCUT2D eigenvalue weighted by Gasteiger charge is -1.99. The number of Topliss-reactive ketones (excluding diaryl/α,β-unsaturated/α-hetero) is 1. The van der Waals surface area contributed by atoms with Gasteiger partial charge in [0, 0.05) is 17.7 Å². The molecule has 0 saturated heterocycles. The molecule has 3 aromatic rings. The molecule has 8 heteroatoms. The van der Waals surface area contributed by atoms with Crippen molar-refractivity contribution in [2.75, 3.05) is 5.75 Å². The van der Waals surface area contributed by atoms with E-state index < -0.39 is 10.7 Å². The van der Waals surface area contributed by atoms with Crippen molar-refractivity contribution in [3.63, 3.8) is 0 Å². The van der Waals surface area contributed by atoms with Crippen LogP contribution in [0.1, 0.15) is 10.4 Å². The maximum Gasteiger partial charge on any atom is 0.270 e. The molecule has 0 unspecified atom stereocenters. The first-order valence-corrected chi connectivity index (χ1v) is 8.30. The third kappa shape index (κ3) is 3.54. The molecule has 0 amide bonds. The summed E-state index contributed by atoms with van der Waals surface area (Å²) in [6.45, 7) is 0. The van der Waals surface area contributed by atoms with Gasteiger partial charge in [-0.05, 0) is 18.2 Å². The fraction of sp³-hybridized carbons (Fsp3) is 0.0667. The molecule has 0 aliphatic heterocycles. The van der Waals surface area contributed by atoms with E-state index in [4.69, 9.17) is 0 Å². The van der Waals surface area contributed by atoms with Crippen LogP contribution in [-0.4, -0.2) is 21.4 Å². The first-order valence-electron chi connectivity index (χ1n) is 6.49. The summed E-state index contributed by atoms with van der Waals surface area (Å²) in [6, 6.07) is 9.98. The smallest absolute Gasteiger partial charge is 0.270 e. The highest BCUT2D eigenvalue weighted by atomic mass is 32.2. The van der Waals surface area contributed by atoms with E-state index in [0.29, 0.717) is 20.1 Å². The molecule has 1 aromatic heterocycles. The predicted molar refractivity (Wildman–Crippen MR) is 87.7 cm³/mol. The minimum Gasteiger partial charge on any atom is -0.293 e. The Morgan fingerprint density at radius 2 is 2.13 bits per heavy atom. The van der Waals surface area contributed by atoms with Crippen molar-refractivity contribution in [2.45, 2.75) is 4.34 Å². The first kappa shape index (κ1) is 15.6. The van der Waals surface area contributed by atoms with Crippen molar-refractivity contribution in [1.29, 1.82) is 0 Å². The van der Waals surface area contributed by atoms with Crippen LogP contribution >= 0.6 is 23.1 Å². The minimum atomic E-state index is -0.459. The number of thiazole rings is 1.